The number of anilines is 2. The first-order valence-corrected chi connectivity index (χ1v) is 10.3. The van der Waals surface area contributed by atoms with E-state index in [1.807, 2.05) is 42.5 Å². The maximum absolute atomic E-state index is 9.00. The van der Waals surface area contributed by atoms with Crippen LogP contribution < -0.4 is 10.1 Å². The van der Waals surface area contributed by atoms with Crippen LogP contribution in [0.25, 0.3) is 10.8 Å². The van der Waals surface area contributed by atoms with Gasteiger partial charge in [0.1, 0.15) is 12.4 Å². The second kappa shape index (κ2) is 10.7. The monoisotopic (exact) mass is 453 g/mol. The molecule has 4 rings (SSSR count). The lowest BCUT2D eigenvalue weighted by Crippen LogP contribution is -1.96. The number of carbonyl (C=O) groups is 1. The molecule has 0 radical (unpaired) electrons. The molecule has 0 amide bonds. The van der Waals surface area contributed by atoms with Gasteiger partial charge >= 0.3 is 0 Å². The van der Waals surface area contributed by atoms with Crippen molar-refractivity contribution in [2.24, 2.45) is 0 Å². The smallest absolute Gasteiger partial charge is 0.300 e. The van der Waals surface area contributed by atoms with Gasteiger partial charge in [-0.3, -0.25) is 4.79 Å². The van der Waals surface area contributed by atoms with Crippen LogP contribution >= 0.6 is 23.2 Å². The van der Waals surface area contributed by atoms with Crippen LogP contribution in [-0.4, -0.2) is 11.1 Å². The number of aliphatic carboxylic acids is 1. The van der Waals surface area contributed by atoms with Gasteiger partial charge in [-0.1, -0.05) is 65.7 Å². The third-order valence-electron chi connectivity index (χ3n) is 4.31. The summed E-state index contributed by atoms with van der Waals surface area (Å²) in [5.41, 5.74) is 2.73. The summed E-state index contributed by atoms with van der Waals surface area (Å²) in [6.45, 7) is 1.61. The third kappa shape index (κ3) is 6.64. The van der Waals surface area contributed by atoms with E-state index < -0.39 is 5.97 Å². The number of carboxylic acid groups (broad SMARTS) is 1. The summed E-state index contributed by atoms with van der Waals surface area (Å²) < 4.78 is 5.91. The molecule has 0 spiro atoms. The second-order valence-electron chi connectivity index (χ2n) is 6.74. The number of carboxylic acids is 1. The van der Waals surface area contributed by atoms with E-state index >= 15 is 0 Å². The van der Waals surface area contributed by atoms with Gasteiger partial charge in [0.05, 0.1) is 15.7 Å². The summed E-state index contributed by atoms with van der Waals surface area (Å²) in [5, 5.41) is 14.3. The van der Waals surface area contributed by atoms with E-state index in [0.29, 0.717) is 22.3 Å². The Kier molecular flexibility index (Phi) is 7.76. The molecule has 0 aromatic heterocycles. The molecule has 0 saturated carbocycles. The topological polar surface area (TPSA) is 58.6 Å². The lowest BCUT2D eigenvalue weighted by molar-refractivity contribution is -0.134. The maximum Gasteiger partial charge on any atom is 0.300 e. The minimum absolute atomic E-state index is 0.522. The van der Waals surface area contributed by atoms with E-state index in [2.05, 4.69) is 35.6 Å². The third-order valence-corrected chi connectivity index (χ3v) is 4.94. The molecule has 0 unspecified atom stereocenters. The molecule has 6 heteroatoms. The Morgan fingerprint density at radius 3 is 2.13 bits per heavy atom. The van der Waals surface area contributed by atoms with Crippen LogP contribution in [0.4, 0.5) is 11.4 Å². The summed E-state index contributed by atoms with van der Waals surface area (Å²) >= 11 is 12.4. The van der Waals surface area contributed by atoms with Crippen LogP contribution in [0.15, 0.2) is 84.9 Å². The first kappa shape index (κ1) is 22.5. The van der Waals surface area contributed by atoms with Crippen molar-refractivity contribution in [3.63, 3.8) is 0 Å². The molecule has 0 atom stereocenters. The van der Waals surface area contributed by atoms with Crippen LogP contribution in [0.1, 0.15) is 12.5 Å². The van der Waals surface area contributed by atoms with Gasteiger partial charge < -0.3 is 15.2 Å². The molecule has 0 aliphatic heterocycles. The van der Waals surface area contributed by atoms with Crippen molar-refractivity contribution in [2.45, 2.75) is 13.5 Å². The van der Waals surface area contributed by atoms with E-state index in [9.17, 15) is 0 Å². The van der Waals surface area contributed by atoms with E-state index in [1.54, 1.807) is 12.1 Å². The van der Waals surface area contributed by atoms with Crippen molar-refractivity contribution in [1.82, 2.24) is 0 Å². The number of para-hydroxylation sites is 1. The Bertz CT molecular complexity index is 1150. The number of hydrogen-bond donors (Lipinski definition) is 2. The average molecular weight is 454 g/mol. The van der Waals surface area contributed by atoms with E-state index in [4.69, 9.17) is 37.8 Å². The lowest BCUT2D eigenvalue weighted by Gasteiger charge is -2.12. The van der Waals surface area contributed by atoms with Crippen molar-refractivity contribution in [3.05, 3.63) is 101 Å². The number of halogens is 2. The van der Waals surface area contributed by atoms with Gasteiger partial charge in [0, 0.05) is 12.6 Å². The summed E-state index contributed by atoms with van der Waals surface area (Å²) in [6, 6.07) is 27.8. The number of nitrogens with one attached hydrogen (secondary N) is 1. The highest BCUT2D eigenvalue weighted by Gasteiger charge is 2.06. The molecule has 4 aromatic carbocycles. The van der Waals surface area contributed by atoms with Crippen molar-refractivity contribution in [3.8, 4) is 5.75 Å². The maximum atomic E-state index is 9.00. The molecule has 0 fully saturated rings. The van der Waals surface area contributed by atoms with Crippen LogP contribution in [0.3, 0.4) is 0 Å². The quantitative estimate of drug-likeness (QED) is 0.327. The number of fused-ring (bicyclic) bond motifs is 1. The van der Waals surface area contributed by atoms with Crippen LogP contribution in [-0.2, 0) is 11.4 Å². The average Bonchev–Trinajstić information content (AvgIpc) is 2.75. The SMILES string of the molecule is CC(=O)O.Clc1cccc(Cl)c1Nc1ccc(OCc2ccc3ccccc3c2)cc1. The normalized spacial score (nSPS) is 10.2. The molecule has 0 aliphatic carbocycles. The molecule has 0 saturated heterocycles. The molecule has 4 nitrogen and oxygen atoms in total. The zero-order chi connectivity index (χ0) is 22.2. The van der Waals surface area contributed by atoms with Crippen LogP contribution in [0, 0.1) is 0 Å². The van der Waals surface area contributed by atoms with Crippen LogP contribution in [0.5, 0.6) is 5.75 Å². The Morgan fingerprint density at radius 2 is 1.48 bits per heavy atom. The van der Waals surface area contributed by atoms with Gasteiger partial charge in [0.15, 0.2) is 0 Å². The van der Waals surface area contributed by atoms with E-state index in [-0.39, 0.29) is 0 Å². The highest BCUT2D eigenvalue weighted by atomic mass is 35.5. The fourth-order valence-corrected chi connectivity index (χ4v) is 3.38. The first-order valence-electron chi connectivity index (χ1n) is 9.53. The fraction of sp³-hybridized carbons (Fsp3) is 0.0800. The molecule has 158 valence electrons. The molecule has 0 heterocycles. The highest BCUT2D eigenvalue weighted by Crippen LogP contribution is 2.33. The first-order chi connectivity index (χ1) is 14.9. The number of rotatable bonds is 5. The minimum Gasteiger partial charge on any atom is -0.489 e. The largest absolute Gasteiger partial charge is 0.489 e. The van der Waals surface area contributed by atoms with Crippen molar-refractivity contribution in [1.29, 1.82) is 0 Å². The Hall–Kier alpha value is -3.21. The molecule has 4 aromatic rings. The fourth-order valence-electron chi connectivity index (χ4n) is 2.89. The van der Waals surface area contributed by atoms with Gasteiger partial charge in [0.25, 0.3) is 5.97 Å². The van der Waals surface area contributed by atoms with E-state index in [0.717, 1.165) is 23.9 Å². The molecule has 0 bridgehead atoms. The van der Waals surface area contributed by atoms with Gasteiger partial charge in [-0.05, 0) is 58.8 Å². The van der Waals surface area contributed by atoms with E-state index in [1.165, 1.54) is 10.8 Å². The standard InChI is InChI=1S/C23H17Cl2NO.C2H4O2/c24-21-6-3-7-22(25)23(21)26-19-10-12-20(13-11-19)27-15-16-8-9-17-4-1-2-5-18(17)14-16;1-2(3)4/h1-14,26H,15H2;1H3,(H,3,4). The molecular weight excluding hydrogens is 433 g/mol. The van der Waals surface area contributed by atoms with Gasteiger partial charge in [-0.15, -0.1) is 0 Å². The van der Waals surface area contributed by atoms with Crippen LogP contribution in [0.2, 0.25) is 10.0 Å². The minimum atomic E-state index is -0.833. The molecule has 31 heavy (non-hydrogen) atoms. The Labute approximate surface area is 191 Å². The molecule has 2 N–H and O–H groups in total. The number of benzene rings is 4. The number of hydrogen-bond acceptors (Lipinski definition) is 3. The van der Waals surface area contributed by atoms with Crippen molar-refractivity contribution >= 4 is 51.3 Å². The molecular formula is C25H21Cl2NO3. The Balaban J connectivity index is 0.000000628. The molecule has 0 aliphatic rings. The highest BCUT2D eigenvalue weighted by molar-refractivity contribution is 6.39. The number of ether oxygens (including phenoxy) is 1. The van der Waals surface area contributed by atoms with Gasteiger partial charge in [-0.2, -0.15) is 0 Å². The van der Waals surface area contributed by atoms with Crippen molar-refractivity contribution < 1.29 is 14.6 Å². The van der Waals surface area contributed by atoms with Gasteiger partial charge in [0.2, 0.25) is 0 Å². The zero-order valence-corrected chi connectivity index (χ0v) is 18.3. The second-order valence-corrected chi connectivity index (χ2v) is 7.55. The van der Waals surface area contributed by atoms with Crippen molar-refractivity contribution in [2.75, 3.05) is 5.32 Å². The van der Waals surface area contributed by atoms with Gasteiger partial charge in [-0.25, -0.2) is 0 Å². The summed E-state index contributed by atoms with van der Waals surface area (Å²) in [4.78, 5) is 9.00. The Morgan fingerprint density at radius 1 is 0.871 bits per heavy atom. The zero-order valence-electron chi connectivity index (χ0n) is 16.8. The lowest BCUT2D eigenvalue weighted by atomic mass is 10.1. The predicted octanol–water partition coefficient (Wildman–Crippen LogP) is 7.56. The predicted molar refractivity (Wildman–Crippen MR) is 128 cm³/mol. The summed E-state index contributed by atoms with van der Waals surface area (Å²) in [7, 11) is 0. The summed E-state index contributed by atoms with van der Waals surface area (Å²) in [6.07, 6.45) is 0. The summed E-state index contributed by atoms with van der Waals surface area (Å²) in [5.74, 6) is -0.0287.